The zero-order valence-electron chi connectivity index (χ0n) is 17.3. The molecule has 0 atom stereocenters. The molecule has 1 aromatic heterocycles. The number of benzene rings is 4. The van der Waals surface area contributed by atoms with Gasteiger partial charge in [0.05, 0.1) is 0 Å². The second-order valence-corrected chi connectivity index (χ2v) is 8.80. The summed E-state index contributed by atoms with van der Waals surface area (Å²) in [5.41, 5.74) is 7.91. The Labute approximate surface area is 186 Å². The van der Waals surface area contributed by atoms with Crippen LogP contribution in [-0.4, -0.2) is 0 Å². The highest BCUT2D eigenvalue weighted by Crippen LogP contribution is 2.45. The van der Waals surface area contributed by atoms with E-state index in [0.717, 1.165) is 6.42 Å². The highest BCUT2D eigenvalue weighted by atomic mass is 31.0. The second-order valence-electron chi connectivity index (χ2n) is 7.64. The predicted molar refractivity (Wildman–Crippen MR) is 135 cm³/mol. The molecule has 0 unspecified atom stereocenters. The molecule has 5 rings (SSSR count). The van der Waals surface area contributed by atoms with Crippen LogP contribution in [0.3, 0.4) is 0 Å². The van der Waals surface area contributed by atoms with Gasteiger partial charge in [0, 0.05) is 10.6 Å². The van der Waals surface area contributed by atoms with Gasteiger partial charge in [-0.3, -0.25) is 0 Å². The van der Waals surface area contributed by atoms with E-state index in [1.54, 1.807) is 0 Å². The molecule has 0 aliphatic heterocycles. The lowest BCUT2D eigenvalue weighted by Gasteiger charge is -2.18. The van der Waals surface area contributed by atoms with Crippen molar-refractivity contribution in [2.24, 2.45) is 0 Å². The van der Waals surface area contributed by atoms with Crippen molar-refractivity contribution in [3.05, 3.63) is 139 Å². The van der Waals surface area contributed by atoms with Crippen LogP contribution in [0.1, 0.15) is 11.1 Å². The van der Waals surface area contributed by atoms with E-state index in [2.05, 4.69) is 127 Å². The van der Waals surface area contributed by atoms with E-state index in [4.69, 9.17) is 0 Å². The van der Waals surface area contributed by atoms with Gasteiger partial charge in [0.1, 0.15) is 0 Å². The summed E-state index contributed by atoms with van der Waals surface area (Å²) < 4.78 is 0. The molecule has 148 valence electrons. The van der Waals surface area contributed by atoms with Crippen molar-refractivity contribution in [1.29, 1.82) is 0 Å². The van der Waals surface area contributed by atoms with Gasteiger partial charge in [-0.05, 0) is 45.9 Å². The Bertz CT molecular complexity index is 1200. The predicted octanol–water partition coefficient (Wildman–Crippen LogP) is 8.86. The number of rotatable bonds is 5. The van der Waals surface area contributed by atoms with Crippen LogP contribution in [0.4, 0.5) is 0 Å². The molecule has 0 fully saturated rings. The van der Waals surface area contributed by atoms with Crippen LogP contribution in [0.25, 0.3) is 32.8 Å². The summed E-state index contributed by atoms with van der Waals surface area (Å²) in [5, 5.41) is 2.74. The van der Waals surface area contributed by atoms with Crippen LogP contribution in [0.15, 0.2) is 127 Å². The Morgan fingerprint density at radius 2 is 0.968 bits per heavy atom. The standard InChI is InChI=1S/C30H23P/c1-5-13-23(14-6-1)21-28-27(24-15-7-2-8-16-24)22-29(25-17-9-3-10-18-25)31-30(28)26-19-11-4-12-20-26/h1-20,22H,21H2. The summed E-state index contributed by atoms with van der Waals surface area (Å²) >= 11 is 0. The van der Waals surface area contributed by atoms with Crippen LogP contribution in [0.5, 0.6) is 0 Å². The Kier molecular flexibility index (Phi) is 5.74. The van der Waals surface area contributed by atoms with Crippen molar-refractivity contribution in [2.75, 3.05) is 0 Å². The van der Waals surface area contributed by atoms with Crippen molar-refractivity contribution < 1.29 is 0 Å². The second kappa shape index (κ2) is 9.13. The van der Waals surface area contributed by atoms with E-state index in [0.29, 0.717) is 0 Å². The molecule has 0 aliphatic rings. The lowest BCUT2D eigenvalue weighted by Crippen LogP contribution is -1.96. The normalized spacial score (nSPS) is 11.0. The lowest BCUT2D eigenvalue weighted by molar-refractivity contribution is 1.21. The maximum Gasteiger partial charge on any atom is 0.0138 e. The van der Waals surface area contributed by atoms with Gasteiger partial charge in [0.2, 0.25) is 0 Å². The van der Waals surface area contributed by atoms with E-state index >= 15 is 0 Å². The molecule has 0 bridgehead atoms. The maximum atomic E-state index is 2.40. The van der Waals surface area contributed by atoms with E-state index in [1.165, 1.54) is 52.2 Å². The van der Waals surface area contributed by atoms with Gasteiger partial charge in [-0.1, -0.05) is 130 Å². The molecule has 5 aromatic rings. The molecule has 4 aromatic carbocycles. The van der Waals surface area contributed by atoms with E-state index in [9.17, 15) is 0 Å². The summed E-state index contributed by atoms with van der Waals surface area (Å²) in [6.45, 7) is 0. The van der Waals surface area contributed by atoms with Crippen molar-refractivity contribution in [3.63, 3.8) is 0 Å². The monoisotopic (exact) mass is 414 g/mol. The minimum atomic E-state index is 0.918. The summed E-state index contributed by atoms with van der Waals surface area (Å²) in [7, 11) is 1.25. The largest absolute Gasteiger partial charge is 0.0622 e. The average Bonchev–Trinajstić information content (AvgIpc) is 2.86. The minimum absolute atomic E-state index is 0.918. The molecule has 0 aliphatic carbocycles. The highest BCUT2D eigenvalue weighted by Gasteiger charge is 2.16. The first-order valence-corrected chi connectivity index (χ1v) is 11.5. The van der Waals surface area contributed by atoms with Gasteiger partial charge in [-0.2, -0.15) is 0 Å². The minimum Gasteiger partial charge on any atom is -0.0622 e. The Morgan fingerprint density at radius 1 is 0.484 bits per heavy atom. The Balaban J connectivity index is 1.79. The van der Waals surface area contributed by atoms with Crippen LogP contribution in [0.2, 0.25) is 0 Å². The third kappa shape index (κ3) is 4.36. The van der Waals surface area contributed by atoms with E-state index < -0.39 is 0 Å². The first-order chi connectivity index (χ1) is 15.4. The van der Waals surface area contributed by atoms with E-state index in [1.807, 2.05) is 0 Å². The third-order valence-electron chi connectivity index (χ3n) is 5.55. The van der Waals surface area contributed by atoms with Crippen LogP contribution < -0.4 is 0 Å². The molecule has 0 N–H and O–H groups in total. The molecule has 0 radical (unpaired) electrons. The first-order valence-electron chi connectivity index (χ1n) is 10.6. The lowest BCUT2D eigenvalue weighted by atomic mass is 9.93. The molecule has 1 heteroatoms. The Morgan fingerprint density at radius 3 is 1.55 bits per heavy atom. The molecule has 0 spiro atoms. The molecular weight excluding hydrogens is 391 g/mol. The van der Waals surface area contributed by atoms with Crippen molar-refractivity contribution in [1.82, 2.24) is 0 Å². The van der Waals surface area contributed by atoms with Gasteiger partial charge < -0.3 is 0 Å². The fourth-order valence-corrected chi connectivity index (χ4v) is 5.34. The summed E-state index contributed by atoms with van der Waals surface area (Å²) in [5.74, 6) is 0. The van der Waals surface area contributed by atoms with Gasteiger partial charge in [0.25, 0.3) is 0 Å². The quantitative estimate of drug-likeness (QED) is 0.269. The van der Waals surface area contributed by atoms with Crippen LogP contribution >= 0.6 is 8.19 Å². The summed E-state index contributed by atoms with van der Waals surface area (Å²) in [6, 6.07) is 45.6. The van der Waals surface area contributed by atoms with Crippen molar-refractivity contribution >= 4 is 8.19 Å². The van der Waals surface area contributed by atoms with Gasteiger partial charge >= 0.3 is 0 Å². The highest BCUT2D eigenvalue weighted by molar-refractivity contribution is 7.37. The maximum absolute atomic E-state index is 2.40. The van der Waals surface area contributed by atoms with Gasteiger partial charge in [0.15, 0.2) is 0 Å². The van der Waals surface area contributed by atoms with Crippen molar-refractivity contribution in [3.8, 4) is 32.8 Å². The number of hydrogen-bond acceptors (Lipinski definition) is 0. The first kappa shape index (κ1) is 19.5. The smallest absolute Gasteiger partial charge is 0.0138 e. The third-order valence-corrected chi connectivity index (χ3v) is 6.93. The SMILES string of the molecule is c1ccc(Cc2c(-c3ccccc3)cc(-c3ccccc3)pc2-c2ccccc2)cc1. The zero-order valence-corrected chi connectivity index (χ0v) is 18.2. The molecule has 0 saturated heterocycles. The molecule has 0 nitrogen and oxygen atoms in total. The molecule has 0 amide bonds. The molecule has 0 saturated carbocycles. The van der Waals surface area contributed by atoms with Crippen LogP contribution in [0, 0.1) is 0 Å². The molecule has 31 heavy (non-hydrogen) atoms. The Hall–Kier alpha value is -3.47. The van der Waals surface area contributed by atoms with Gasteiger partial charge in [-0.25, -0.2) is 0 Å². The average molecular weight is 414 g/mol. The molecular formula is C30H23P. The van der Waals surface area contributed by atoms with Crippen molar-refractivity contribution in [2.45, 2.75) is 6.42 Å². The molecule has 1 heterocycles. The fourth-order valence-electron chi connectivity index (χ4n) is 4.02. The van der Waals surface area contributed by atoms with E-state index in [-0.39, 0.29) is 0 Å². The number of hydrogen-bond donors (Lipinski definition) is 0. The van der Waals surface area contributed by atoms with Crippen LogP contribution in [-0.2, 0) is 6.42 Å². The summed E-state index contributed by atoms with van der Waals surface area (Å²) in [4.78, 5) is 0. The van der Waals surface area contributed by atoms with Gasteiger partial charge in [-0.15, -0.1) is 0 Å². The topological polar surface area (TPSA) is 0 Å². The zero-order chi connectivity index (χ0) is 20.9. The summed E-state index contributed by atoms with van der Waals surface area (Å²) in [6.07, 6.45) is 0.918. The fraction of sp³-hybridized carbons (Fsp3) is 0.0333.